The van der Waals surface area contributed by atoms with Gasteiger partial charge in [0.05, 0.1) is 6.04 Å². The number of nitrogens with one attached hydrogen (secondary N) is 2. The lowest BCUT2D eigenvalue weighted by Gasteiger charge is -2.18. The van der Waals surface area contributed by atoms with E-state index in [1.807, 2.05) is 0 Å². The van der Waals surface area contributed by atoms with Crippen LogP contribution in [0.5, 0.6) is 0 Å². The summed E-state index contributed by atoms with van der Waals surface area (Å²) in [6.07, 6.45) is 11.1. The molecule has 0 bridgehead atoms. The summed E-state index contributed by atoms with van der Waals surface area (Å²) in [6.45, 7) is 8.10. The van der Waals surface area contributed by atoms with Gasteiger partial charge in [-0.05, 0) is 23.8 Å². The molecule has 1 unspecified atom stereocenters. The van der Waals surface area contributed by atoms with Crippen molar-refractivity contribution in [1.82, 2.24) is 10.6 Å². The second-order valence-electron chi connectivity index (χ2n) is 6.85. The summed E-state index contributed by atoms with van der Waals surface area (Å²) in [4.78, 5) is 11.8. The van der Waals surface area contributed by atoms with Crippen LogP contribution >= 0.6 is 0 Å². The van der Waals surface area contributed by atoms with E-state index < -0.39 is 0 Å². The van der Waals surface area contributed by atoms with Gasteiger partial charge in [-0.3, -0.25) is 4.79 Å². The van der Waals surface area contributed by atoms with Crippen LogP contribution in [0.2, 0.25) is 0 Å². The molecular weight excluding hydrogens is 248 g/mol. The molecule has 0 saturated heterocycles. The molecule has 3 nitrogen and oxygen atoms in total. The first-order valence-electron chi connectivity index (χ1n) is 7.52. The Balaban J connectivity index is 1.73. The number of allylic oxidation sites excluding steroid dienone is 2. The maximum Gasteiger partial charge on any atom is 0.220 e. The summed E-state index contributed by atoms with van der Waals surface area (Å²) < 4.78 is 0. The number of hydrogen-bond acceptors (Lipinski definition) is 2. The minimum atomic E-state index is 0.155. The third kappa shape index (κ3) is 4.34. The van der Waals surface area contributed by atoms with Crippen LogP contribution in [0, 0.1) is 5.41 Å². The zero-order chi connectivity index (χ0) is 14.6. The molecule has 0 aromatic carbocycles. The molecular formula is C17H26N2O. The molecule has 20 heavy (non-hydrogen) atoms. The Labute approximate surface area is 122 Å². The van der Waals surface area contributed by atoms with E-state index in [4.69, 9.17) is 0 Å². The standard InChI is InChI=1S/C17H26N2O/c1-17(2,3)12-19-16(20)10-6-7-13-11-18-15-9-5-4-8-14(13)15/h4-5,8-9,15,18H,6-7,10-12H2,1-3H3,(H,19,20). The maximum absolute atomic E-state index is 11.8. The van der Waals surface area contributed by atoms with Crippen molar-refractivity contribution < 1.29 is 4.79 Å². The minimum Gasteiger partial charge on any atom is -0.356 e. The first kappa shape index (κ1) is 15.0. The van der Waals surface area contributed by atoms with Gasteiger partial charge in [-0.1, -0.05) is 50.6 Å². The van der Waals surface area contributed by atoms with Gasteiger partial charge in [-0.2, -0.15) is 0 Å². The molecule has 2 N–H and O–H groups in total. The lowest BCUT2D eigenvalue weighted by molar-refractivity contribution is -0.121. The summed E-state index contributed by atoms with van der Waals surface area (Å²) in [5.41, 5.74) is 3.02. The smallest absolute Gasteiger partial charge is 0.220 e. The van der Waals surface area contributed by atoms with Crippen LogP contribution in [0.25, 0.3) is 0 Å². The van der Waals surface area contributed by atoms with Crippen molar-refractivity contribution in [3.8, 4) is 0 Å². The van der Waals surface area contributed by atoms with Crippen LogP contribution < -0.4 is 10.6 Å². The molecule has 0 radical (unpaired) electrons. The van der Waals surface area contributed by atoms with Gasteiger partial charge in [0.25, 0.3) is 0 Å². The van der Waals surface area contributed by atoms with Crippen LogP contribution in [0.15, 0.2) is 35.5 Å². The lowest BCUT2D eigenvalue weighted by Crippen LogP contribution is -2.32. The quantitative estimate of drug-likeness (QED) is 0.809. The summed E-state index contributed by atoms with van der Waals surface area (Å²) >= 11 is 0. The van der Waals surface area contributed by atoms with E-state index in [2.05, 4.69) is 55.7 Å². The third-order valence-electron chi connectivity index (χ3n) is 3.67. The highest BCUT2D eigenvalue weighted by Gasteiger charge is 2.21. The van der Waals surface area contributed by atoms with Crippen LogP contribution in [0.3, 0.4) is 0 Å². The average Bonchev–Trinajstić information content (AvgIpc) is 2.79. The zero-order valence-corrected chi connectivity index (χ0v) is 12.8. The number of amides is 1. The predicted octanol–water partition coefficient (Wildman–Crippen LogP) is 2.71. The van der Waals surface area contributed by atoms with E-state index in [0.717, 1.165) is 25.9 Å². The molecule has 0 aromatic heterocycles. The van der Waals surface area contributed by atoms with Gasteiger partial charge in [-0.15, -0.1) is 0 Å². The Kier molecular flexibility index (Phi) is 4.81. The molecule has 1 aliphatic carbocycles. The summed E-state index contributed by atoms with van der Waals surface area (Å²) in [7, 11) is 0. The number of fused-ring (bicyclic) bond motifs is 1. The molecule has 110 valence electrons. The van der Waals surface area contributed by atoms with Gasteiger partial charge >= 0.3 is 0 Å². The Morgan fingerprint density at radius 1 is 1.40 bits per heavy atom. The Morgan fingerprint density at radius 2 is 2.20 bits per heavy atom. The van der Waals surface area contributed by atoms with Gasteiger partial charge in [0.15, 0.2) is 0 Å². The Hall–Kier alpha value is -1.35. The van der Waals surface area contributed by atoms with Gasteiger partial charge < -0.3 is 10.6 Å². The van der Waals surface area contributed by atoms with E-state index in [1.54, 1.807) is 0 Å². The molecule has 0 fully saturated rings. The summed E-state index contributed by atoms with van der Waals surface area (Å²) in [5.74, 6) is 0.173. The monoisotopic (exact) mass is 274 g/mol. The Morgan fingerprint density at radius 3 is 2.95 bits per heavy atom. The fourth-order valence-electron chi connectivity index (χ4n) is 2.54. The van der Waals surface area contributed by atoms with Crippen LogP contribution in [0.4, 0.5) is 0 Å². The molecule has 3 heteroatoms. The fraction of sp³-hybridized carbons (Fsp3) is 0.588. The second-order valence-corrected chi connectivity index (χ2v) is 6.85. The largest absolute Gasteiger partial charge is 0.356 e. The predicted molar refractivity (Wildman–Crippen MR) is 83.4 cm³/mol. The number of hydrogen-bond donors (Lipinski definition) is 2. The van der Waals surface area contributed by atoms with Crippen molar-refractivity contribution >= 4 is 5.91 Å². The molecule has 0 aromatic rings. The van der Waals surface area contributed by atoms with Crippen molar-refractivity contribution in [3.05, 3.63) is 35.5 Å². The summed E-state index contributed by atoms with van der Waals surface area (Å²) in [5, 5.41) is 6.49. The average molecular weight is 274 g/mol. The van der Waals surface area contributed by atoms with Crippen molar-refractivity contribution in [1.29, 1.82) is 0 Å². The fourth-order valence-corrected chi connectivity index (χ4v) is 2.54. The molecule has 0 spiro atoms. The minimum absolute atomic E-state index is 0.155. The highest BCUT2D eigenvalue weighted by Crippen LogP contribution is 2.25. The Bertz CT molecular complexity index is 452. The molecule has 2 rings (SSSR count). The molecule has 1 amide bonds. The van der Waals surface area contributed by atoms with Crippen molar-refractivity contribution in [3.63, 3.8) is 0 Å². The van der Waals surface area contributed by atoms with Crippen LogP contribution in [-0.2, 0) is 4.79 Å². The molecule has 1 atom stereocenters. The van der Waals surface area contributed by atoms with E-state index in [1.165, 1.54) is 11.1 Å². The highest BCUT2D eigenvalue weighted by molar-refractivity contribution is 5.75. The van der Waals surface area contributed by atoms with Gasteiger partial charge in [0.1, 0.15) is 0 Å². The normalized spacial score (nSPS) is 21.2. The van der Waals surface area contributed by atoms with E-state index in [0.29, 0.717) is 12.5 Å². The van der Waals surface area contributed by atoms with Crippen molar-refractivity contribution in [2.45, 2.75) is 46.1 Å². The number of rotatable bonds is 5. The summed E-state index contributed by atoms with van der Waals surface area (Å²) in [6, 6.07) is 0.393. The lowest BCUT2D eigenvalue weighted by atomic mass is 9.96. The van der Waals surface area contributed by atoms with E-state index in [-0.39, 0.29) is 11.3 Å². The van der Waals surface area contributed by atoms with Crippen LogP contribution in [0.1, 0.15) is 40.0 Å². The first-order chi connectivity index (χ1) is 9.46. The van der Waals surface area contributed by atoms with Gasteiger partial charge in [-0.25, -0.2) is 0 Å². The van der Waals surface area contributed by atoms with E-state index in [9.17, 15) is 4.79 Å². The third-order valence-corrected chi connectivity index (χ3v) is 3.67. The topological polar surface area (TPSA) is 41.1 Å². The van der Waals surface area contributed by atoms with Gasteiger partial charge in [0.2, 0.25) is 5.91 Å². The van der Waals surface area contributed by atoms with Gasteiger partial charge in [0, 0.05) is 19.5 Å². The second kappa shape index (κ2) is 6.40. The number of carbonyl (C=O) groups is 1. The molecule has 0 saturated carbocycles. The molecule has 1 aliphatic heterocycles. The van der Waals surface area contributed by atoms with E-state index >= 15 is 0 Å². The first-order valence-corrected chi connectivity index (χ1v) is 7.52. The van der Waals surface area contributed by atoms with Crippen molar-refractivity contribution in [2.75, 3.05) is 13.1 Å². The van der Waals surface area contributed by atoms with Crippen LogP contribution in [-0.4, -0.2) is 25.0 Å². The highest BCUT2D eigenvalue weighted by atomic mass is 16.1. The zero-order valence-electron chi connectivity index (χ0n) is 12.8. The maximum atomic E-state index is 11.8. The SMILES string of the molecule is CC(C)(C)CNC(=O)CCCC1=C2C=CC=CC2NC1. The van der Waals surface area contributed by atoms with Crippen molar-refractivity contribution in [2.24, 2.45) is 5.41 Å². The molecule has 1 heterocycles. The molecule has 2 aliphatic rings. The number of carbonyl (C=O) groups excluding carboxylic acids is 1.